The van der Waals surface area contributed by atoms with Gasteiger partial charge >= 0.3 is 0 Å². The van der Waals surface area contributed by atoms with Gasteiger partial charge in [0.15, 0.2) is 11.5 Å². The summed E-state index contributed by atoms with van der Waals surface area (Å²) in [5.74, 6) is 2.16. The van der Waals surface area contributed by atoms with E-state index >= 15 is 0 Å². The predicted molar refractivity (Wildman–Crippen MR) is 95.9 cm³/mol. The Bertz CT molecular complexity index is 705. The Balaban J connectivity index is 1.40. The Labute approximate surface area is 148 Å². The third-order valence-electron chi connectivity index (χ3n) is 5.72. The normalized spacial score (nSPS) is 22.8. The quantitative estimate of drug-likeness (QED) is 0.804. The number of aliphatic imine (C=N–C) groups is 1. The van der Waals surface area contributed by atoms with E-state index in [1.807, 2.05) is 12.1 Å². The topological polar surface area (TPSA) is 60.1 Å². The summed E-state index contributed by atoms with van der Waals surface area (Å²) in [6.07, 6.45) is 4.15. The first-order valence-corrected chi connectivity index (χ1v) is 9.05. The van der Waals surface area contributed by atoms with Gasteiger partial charge in [-0.15, -0.1) is 0 Å². The van der Waals surface area contributed by atoms with Crippen molar-refractivity contribution in [1.29, 1.82) is 0 Å². The van der Waals surface area contributed by atoms with Crippen LogP contribution in [0.5, 0.6) is 11.5 Å². The van der Waals surface area contributed by atoms with E-state index in [1.165, 1.54) is 12.0 Å². The second-order valence-corrected chi connectivity index (χ2v) is 7.78. The van der Waals surface area contributed by atoms with Gasteiger partial charge in [0.05, 0.1) is 24.8 Å². The molecular formula is C19H26FN3O2. The number of methoxy groups -OCH3 is 1. The van der Waals surface area contributed by atoms with Gasteiger partial charge in [0, 0.05) is 25.7 Å². The molecule has 6 heteroatoms. The highest BCUT2D eigenvalue weighted by Crippen LogP contribution is 2.53. The molecule has 0 bridgehead atoms. The van der Waals surface area contributed by atoms with Gasteiger partial charge in [-0.2, -0.15) is 0 Å². The molecule has 1 aromatic rings. The second kappa shape index (κ2) is 5.87. The first kappa shape index (κ1) is 16.6. The van der Waals surface area contributed by atoms with E-state index < -0.39 is 5.67 Å². The fraction of sp³-hybridized carbons (Fsp3) is 0.632. The standard InChI is InChI=1S/C19H26FN3O2/c1-18(20)11-23(12-18)7-4-8-25-16-10-14-13(9-15(16)24-2)19(5-3-6-19)17(21)22-14/h9-10H,3-8,11-12H2,1-2H3,(H2,21,22). The lowest BCUT2D eigenvalue weighted by Crippen LogP contribution is -2.57. The summed E-state index contributed by atoms with van der Waals surface area (Å²) in [5, 5.41) is 0. The van der Waals surface area contributed by atoms with Gasteiger partial charge in [0.25, 0.3) is 0 Å². The van der Waals surface area contributed by atoms with Crippen LogP contribution in [0.15, 0.2) is 17.1 Å². The Hall–Kier alpha value is -1.82. The number of hydrogen-bond donors (Lipinski definition) is 1. The zero-order chi connectivity index (χ0) is 17.7. The number of nitrogens with zero attached hydrogens (tertiary/aromatic N) is 2. The van der Waals surface area contributed by atoms with Crippen molar-refractivity contribution in [3.8, 4) is 11.5 Å². The molecule has 2 aliphatic heterocycles. The van der Waals surface area contributed by atoms with Crippen LogP contribution in [-0.2, 0) is 5.41 Å². The molecule has 0 amide bonds. The molecule has 2 heterocycles. The smallest absolute Gasteiger partial charge is 0.163 e. The molecule has 0 aromatic heterocycles. The molecule has 3 aliphatic rings. The predicted octanol–water partition coefficient (Wildman–Crippen LogP) is 2.93. The fourth-order valence-corrected chi connectivity index (χ4v) is 4.24. The first-order valence-electron chi connectivity index (χ1n) is 9.05. The molecule has 25 heavy (non-hydrogen) atoms. The van der Waals surface area contributed by atoms with Crippen molar-refractivity contribution in [3.05, 3.63) is 17.7 Å². The van der Waals surface area contributed by atoms with Crippen molar-refractivity contribution >= 4 is 11.5 Å². The Morgan fingerprint density at radius 1 is 1.28 bits per heavy atom. The van der Waals surface area contributed by atoms with Crippen LogP contribution in [0.1, 0.15) is 38.2 Å². The molecule has 1 saturated heterocycles. The number of amidine groups is 1. The van der Waals surface area contributed by atoms with Gasteiger partial charge in [0.2, 0.25) is 0 Å². The third-order valence-corrected chi connectivity index (χ3v) is 5.72. The summed E-state index contributed by atoms with van der Waals surface area (Å²) in [4.78, 5) is 6.67. The van der Waals surface area contributed by atoms with E-state index in [0.29, 0.717) is 25.4 Å². The SMILES string of the molecule is COc1cc2c(cc1OCCCN1CC(C)(F)C1)N=C(N)C21CCC1. The van der Waals surface area contributed by atoms with Crippen molar-refractivity contribution < 1.29 is 13.9 Å². The van der Waals surface area contributed by atoms with Crippen LogP contribution in [0.2, 0.25) is 0 Å². The van der Waals surface area contributed by atoms with Gasteiger partial charge in [0.1, 0.15) is 11.5 Å². The van der Waals surface area contributed by atoms with Crippen molar-refractivity contribution in [2.24, 2.45) is 10.7 Å². The van der Waals surface area contributed by atoms with E-state index in [4.69, 9.17) is 15.2 Å². The molecule has 1 spiro atoms. The zero-order valence-corrected chi connectivity index (χ0v) is 15.0. The van der Waals surface area contributed by atoms with Gasteiger partial charge in [-0.25, -0.2) is 9.38 Å². The van der Waals surface area contributed by atoms with Crippen molar-refractivity contribution in [1.82, 2.24) is 4.90 Å². The van der Waals surface area contributed by atoms with Crippen LogP contribution in [0, 0.1) is 0 Å². The minimum atomic E-state index is -1.01. The fourth-order valence-electron chi connectivity index (χ4n) is 4.24. The lowest BCUT2D eigenvalue weighted by Gasteiger charge is -2.42. The van der Waals surface area contributed by atoms with Gasteiger partial charge < -0.3 is 15.2 Å². The molecule has 1 aliphatic carbocycles. The molecule has 0 unspecified atom stereocenters. The zero-order valence-electron chi connectivity index (χ0n) is 15.0. The number of benzene rings is 1. The summed E-state index contributed by atoms with van der Waals surface area (Å²) in [6, 6.07) is 3.98. The van der Waals surface area contributed by atoms with Crippen LogP contribution < -0.4 is 15.2 Å². The van der Waals surface area contributed by atoms with Crippen LogP contribution in [0.3, 0.4) is 0 Å². The Morgan fingerprint density at radius 3 is 2.64 bits per heavy atom. The van der Waals surface area contributed by atoms with E-state index in [-0.39, 0.29) is 5.41 Å². The van der Waals surface area contributed by atoms with E-state index in [0.717, 1.165) is 43.1 Å². The maximum atomic E-state index is 13.5. The van der Waals surface area contributed by atoms with Crippen molar-refractivity contribution in [2.75, 3.05) is 33.4 Å². The number of nitrogens with two attached hydrogens (primary N) is 1. The summed E-state index contributed by atoms with van der Waals surface area (Å²) >= 11 is 0. The molecule has 2 fully saturated rings. The molecule has 1 saturated carbocycles. The first-order chi connectivity index (χ1) is 11.9. The maximum absolute atomic E-state index is 13.5. The molecule has 4 rings (SSSR count). The molecule has 5 nitrogen and oxygen atoms in total. The van der Waals surface area contributed by atoms with E-state index in [1.54, 1.807) is 14.0 Å². The molecule has 2 N–H and O–H groups in total. The van der Waals surface area contributed by atoms with Crippen LogP contribution in [0.25, 0.3) is 0 Å². The lowest BCUT2D eigenvalue weighted by atomic mass is 9.64. The number of rotatable bonds is 6. The highest BCUT2D eigenvalue weighted by molar-refractivity contribution is 6.00. The Morgan fingerprint density at radius 2 is 2.04 bits per heavy atom. The van der Waals surface area contributed by atoms with Gasteiger partial charge in [-0.1, -0.05) is 6.42 Å². The van der Waals surface area contributed by atoms with Gasteiger partial charge in [-0.3, -0.25) is 4.90 Å². The Kier molecular flexibility index (Phi) is 3.90. The number of likely N-dealkylation sites (tertiary alicyclic amines) is 1. The monoisotopic (exact) mass is 347 g/mol. The highest BCUT2D eigenvalue weighted by Gasteiger charge is 2.47. The van der Waals surface area contributed by atoms with E-state index in [2.05, 4.69) is 9.89 Å². The molecule has 136 valence electrons. The van der Waals surface area contributed by atoms with Crippen molar-refractivity contribution in [3.63, 3.8) is 0 Å². The van der Waals surface area contributed by atoms with Crippen LogP contribution >= 0.6 is 0 Å². The summed E-state index contributed by atoms with van der Waals surface area (Å²) in [5.41, 5.74) is 7.19. The molecule has 0 atom stereocenters. The van der Waals surface area contributed by atoms with Crippen LogP contribution in [0.4, 0.5) is 10.1 Å². The van der Waals surface area contributed by atoms with Gasteiger partial charge in [-0.05, 0) is 37.8 Å². The summed E-state index contributed by atoms with van der Waals surface area (Å²) in [6.45, 7) is 4.10. The minimum absolute atomic E-state index is 0.0718. The second-order valence-electron chi connectivity index (χ2n) is 7.78. The number of hydrogen-bond acceptors (Lipinski definition) is 5. The number of halogens is 1. The van der Waals surface area contributed by atoms with Crippen LogP contribution in [-0.4, -0.2) is 49.8 Å². The lowest BCUT2D eigenvalue weighted by molar-refractivity contribution is -0.0192. The average molecular weight is 347 g/mol. The molecular weight excluding hydrogens is 321 g/mol. The largest absolute Gasteiger partial charge is 0.493 e. The minimum Gasteiger partial charge on any atom is -0.493 e. The summed E-state index contributed by atoms with van der Waals surface area (Å²) < 4.78 is 24.9. The number of ether oxygens (including phenoxy) is 2. The highest BCUT2D eigenvalue weighted by atomic mass is 19.1. The third kappa shape index (κ3) is 2.76. The molecule has 0 radical (unpaired) electrons. The molecule has 1 aromatic carbocycles. The maximum Gasteiger partial charge on any atom is 0.163 e. The van der Waals surface area contributed by atoms with E-state index in [9.17, 15) is 4.39 Å². The number of fused-ring (bicyclic) bond motifs is 2. The van der Waals surface area contributed by atoms with Crippen molar-refractivity contribution in [2.45, 2.75) is 43.7 Å². The average Bonchev–Trinajstić information content (AvgIpc) is 2.79. The number of alkyl halides is 1. The summed E-state index contributed by atoms with van der Waals surface area (Å²) in [7, 11) is 1.66.